The van der Waals surface area contributed by atoms with Crippen molar-refractivity contribution in [2.75, 3.05) is 6.54 Å². The lowest BCUT2D eigenvalue weighted by molar-refractivity contribution is -0.129. The molecule has 0 bridgehead atoms. The van der Waals surface area contributed by atoms with Crippen LogP contribution in [0.15, 0.2) is 16.1 Å². The van der Waals surface area contributed by atoms with Gasteiger partial charge in [0.15, 0.2) is 0 Å². The van der Waals surface area contributed by atoms with Gasteiger partial charge in [-0.05, 0) is 0 Å². The number of aliphatic carboxylic acids is 1. The molecule has 3 N–H and O–H groups in total. The molecule has 7 heteroatoms. The van der Waals surface area contributed by atoms with Crippen LogP contribution in [0.2, 0.25) is 0 Å². The van der Waals surface area contributed by atoms with Crippen molar-refractivity contribution in [3.05, 3.63) is 11.1 Å². The molecular weight excluding hydrogens is 184 g/mol. The highest BCUT2D eigenvalue weighted by atomic mass is 32.2. The third-order valence-corrected chi connectivity index (χ3v) is 3.06. The van der Waals surface area contributed by atoms with E-state index in [1.807, 2.05) is 0 Å². The van der Waals surface area contributed by atoms with E-state index in [9.17, 15) is 13.2 Å². The molecule has 6 nitrogen and oxygen atoms in total. The first kappa shape index (κ1) is 8.88. The summed E-state index contributed by atoms with van der Waals surface area (Å²) in [7, 11) is -3.89. The zero-order valence-electron chi connectivity index (χ0n) is 5.89. The van der Waals surface area contributed by atoms with Gasteiger partial charge < -0.3 is 10.8 Å². The molecule has 0 saturated heterocycles. The first-order valence-electron chi connectivity index (χ1n) is 2.95. The number of aliphatic imine (C=N–C) groups is 1. The van der Waals surface area contributed by atoms with Gasteiger partial charge in [-0.3, -0.25) is 0 Å². The summed E-state index contributed by atoms with van der Waals surface area (Å²) in [6.45, 7) is -0.234. The number of sulfone groups is 1. The van der Waals surface area contributed by atoms with Gasteiger partial charge in [0.1, 0.15) is 0 Å². The van der Waals surface area contributed by atoms with E-state index >= 15 is 0 Å². The van der Waals surface area contributed by atoms with E-state index in [1.54, 1.807) is 0 Å². The number of nitrogens with zero attached hydrogens (tertiary/aromatic N) is 1. The Labute approximate surface area is 68.3 Å². The SMILES string of the molecule is NCC1=CN=C(C(=O)O)S1(=O)=O. The molecule has 0 atom stereocenters. The van der Waals surface area contributed by atoms with Crippen molar-refractivity contribution in [3.8, 4) is 0 Å². The van der Waals surface area contributed by atoms with E-state index in [1.165, 1.54) is 0 Å². The first-order chi connectivity index (χ1) is 5.50. The summed E-state index contributed by atoms with van der Waals surface area (Å²) in [5, 5.41) is 7.52. The maximum absolute atomic E-state index is 11.1. The van der Waals surface area contributed by atoms with E-state index in [2.05, 4.69) is 4.99 Å². The predicted molar refractivity (Wildman–Crippen MR) is 41.1 cm³/mol. The Balaban J connectivity index is 3.15. The third-order valence-electron chi connectivity index (χ3n) is 1.31. The molecule has 0 unspecified atom stereocenters. The van der Waals surface area contributed by atoms with Gasteiger partial charge >= 0.3 is 5.97 Å². The van der Waals surface area contributed by atoms with Crippen molar-refractivity contribution in [3.63, 3.8) is 0 Å². The van der Waals surface area contributed by atoms with Crippen LogP contribution in [-0.2, 0) is 14.6 Å². The van der Waals surface area contributed by atoms with Gasteiger partial charge in [-0.25, -0.2) is 18.2 Å². The molecule has 1 aliphatic heterocycles. The Kier molecular flexibility index (Phi) is 1.99. The molecule has 0 saturated carbocycles. The highest BCUT2D eigenvalue weighted by Gasteiger charge is 2.33. The van der Waals surface area contributed by atoms with Crippen LogP contribution in [0.25, 0.3) is 0 Å². The van der Waals surface area contributed by atoms with Crippen LogP contribution in [0, 0.1) is 0 Å². The molecule has 0 fully saturated rings. The molecule has 12 heavy (non-hydrogen) atoms. The average Bonchev–Trinajstić information content (AvgIpc) is 2.24. The van der Waals surface area contributed by atoms with Crippen LogP contribution >= 0.6 is 0 Å². The Morgan fingerprint density at radius 1 is 1.67 bits per heavy atom. The molecule has 0 spiro atoms. The lowest BCUT2D eigenvalue weighted by Gasteiger charge is -1.97. The van der Waals surface area contributed by atoms with Crippen molar-refractivity contribution < 1.29 is 18.3 Å². The number of carboxylic acids is 1. The molecule has 0 aromatic carbocycles. The molecule has 0 aliphatic carbocycles. The Bertz CT molecular complexity index is 378. The molecule has 1 aliphatic rings. The minimum Gasteiger partial charge on any atom is -0.476 e. The van der Waals surface area contributed by atoms with Gasteiger partial charge in [-0.1, -0.05) is 0 Å². The first-order valence-corrected chi connectivity index (χ1v) is 4.43. The van der Waals surface area contributed by atoms with Crippen molar-refractivity contribution in [1.29, 1.82) is 0 Å². The molecule has 0 radical (unpaired) electrons. The third kappa shape index (κ3) is 1.12. The molecule has 1 heterocycles. The van der Waals surface area contributed by atoms with E-state index in [0.29, 0.717) is 0 Å². The van der Waals surface area contributed by atoms with E-state index < -0.39 is 20.9 Å². The Morgan fingerprint density at radius 2 is 2.25 bits per heavy atom. The minimum atomic E-state index is -3.89. The minimum absolute atomic E-state index is 0.167. The van der Waals surface area contributed by atoms with Crippen LogP contribution in [0.4, 0.5) is 0 Å². The number of hydrogen-bond donors (Lipinski definition) is 2. The second-order valence-corrected chi connectivity index (χ2v) is 3.96. The van der Waals surface area contributed by atoms with E-state index in [4.69, 9.17) is 10.8 Å². The van der Waals surface area contributed by atoms with E-state index in [-0.39, 0.29) is 11.4 Å². The normalized spacial score (nSPS) is 20.1. The van der Waals surface area contributed by atoms with Gasteiger partial charge in [-0.15, -0.1) is 0 Å². The van der Waals surface area contributed by atoms with Gasteiger partial charge in [-0.2, -0.15) is 0 Å². The van der Waals surface area contributed by atoms with Crippen LogP contribution in [-0.4, -0.2) is 31.1 Å². The fraction of sp³-hybridized carbons (Fsp3) is 0.200. The standard InChI is InChI=1S/C5H6N2O4S/c6-1-3-2-7-4(5(8)9)12(3,10)11/h2H,1,6H2,(H,8,9). The summed E-state index contributed by atoms with van der Waals surface area (Å²) >= 11 is 0. The number of rotatable bonds is 2. The monoisotopic (exact) mass is 190 g/mol. The summed E-state index contributed by atoms with van der Waals surface area (Å²) in [5.41, 5.74) is 5.06. The van der Waals surface area contributed by atoms with Crippen molar-refractivity contribution >= 4 is 20.9 Å². The van der Waals surface area contributed by atoms with Crippen molar-refractivity contribution in [2.45, 2.75) is 0 Å². The van der Waals surface area contributed by atoms with Gasteiger partial charge in [0.25, 0.3) is 0 Å². The molecule has 0 aromatic rings. The van der Waals surface area contributed by atoms with Crippen LogP contribution in [0.3, 0.4) is 0 Å². The molecule has 1 rings (SSSR count). The lowest BCUT2D eigenvalue weighted by Crippen LogP contribution is -2.24. The highest BCUT2D eigenvalue weighted by molar-refractivity contribution is 8.11. The zero-order chi connectivity index (χ0) is 9.35. The van der Waals surface area contributed by atoms with Gasteiger partial charge in [0.2, 0.25) is 14.9 Å². The van der Waals surface area contributed by atoms with Crippen molar-refractivity contribution in [1.82, 2.24) is 0 Å². The topological polar surface area (TPSA) is 110 Å². The molecular formula is C5H6N2O4S. The summed E-state index contributed by atoms with van der Waals surface area (Å²) in [5.74, 6) is -1.56. The summed E-state index contributed by atoms with van der Waals surface area (Å²) in [6, 6.07) is 0. The van der Waals surface area contributed by atoms with Crippen LogP contribution in [0.1, 0.15) is 0 Å². The maximum Gasteiger partial charge on any atom is 0.366 e. The summed E-state index contributed by atoms with van der Waals surface area (Å²) in [6.07, 6.45) is 0.957. The van der Waals surface area contributed by atoms with Crippen LogP contribution < -0.4 is 5.73 Å². The molecule has 0 amide bonds. The lowest BCUT2D eigenvalue weighted by atomic mass is 10.6. The zero-order valence-corrected chi connectivity index (χ0v) is 6.71. The Morgan fingerprint density at radius 3 is 2.50 bits per heavy atom. The Hall–Kier alpha value is -1.21. The summed E-state index contributed by atoms with van der Waals surface area (Å²) in [4.78, 5) is 13.4. The average molecular weight is 190 g/mol. The van der Waals surface area contributed by atoms with Crippen molar-refractivity contribution in [2.24, 2.45) is 10.7 Å². The number of hydrogen-bond acceptors (Lipinski definition) is 5. The number of carbonyl (C=O) groups is 1. The molecule has 66 valence electrons. The van der Waals surface area contributed by atoms with Gasteiger partial charge in [0, 0.05) is 12.7 Å². The largest absolute Gasteiger partial charge is 0.476 e. The quantitative estimate of drug-likeness (QED) is 0.562. The van der Waals surface area contributed by atoms with E-state index in [0.717, 1.165) is 6.20 Å². The fourth-order valence-electron chi connectivity index (χ4n) is 0.726. The van der Waals surface area contributed by atoms with Gasteiger partial charge in [0.05, 0.1) is 4.91 Å². The smallest absolute Gasteiger partial charge is 0.366 e. The second-order valence-electron chi connectivity index (χ2n) is 2.04. The maximum atomic E-state index is 11.1. The molecule has 0 aromatic heterocycles. The summed E-state index contributed by atoms with van der Waals surface area (Å²) < 4.78 is 22.2. The highest BCUT2D eigenvalue weighted by Crippen LogP contribution is 2.15. The number of carboxylic acid groups (broad SMARTS) is 1. The number of nitrogens with two attached hydrogens (primary N) is 1. The van der Waals surface area contributed by atoms with Crippen LogP contribution in [0.5, 0.6) is 0 Å². The fourth-order valence-corrected chi connectivity index (χ4v) is 1.81. The second kappa shape index (κ2) is 2.68. The predicted octanol–water partition coefficient (Wildman–Crippen LogP) is -1.30.